The Kier molecular flexibility index (Phi) is 4.39. The highest BCUT2D eigenvalue weighted by molar-refractivity contribution is 5.78. The van der Waals surface area contributed by atoms with E-state index in [1.54, 1.807) is 0 Å². The summed E-state index contributed by atoms with van der Waals surface area (Å²) in [5, 5.41) is 0. The Bertz CT molecular complexity index is 335. The maximum absolute atomic E-state index is 6.13. The Morgan fingerprint density at radius 1 is 1.26 bits per heavy atom. The van der Waals surface area contributed by atoms with Crippen molar-refractivity contribution in [1.29, 1.82) is 0 Å². The van der Waals surface area contributed by atoms with Crippen LogP contribution in [0.3, 0.4) is 0 Å². The number of hydrogen-bond acceptors (Lipinski definition) is 2. The summed E-state index contributed by atoms with van der Waals surface area (Å²) in [6.07, 6.45) is 7.69. The van der Waals surface area contributed by atoms with Crippen molar-refractivity contribution in [2.24, 2.45) is 16.6 Å². The standard InChI is InChI=1S/C15H30N4/c1-12-6-5-9-15(10-12,18(2)3)11-17-14(16)19(4)13-7-8-13/h12-13H,5-11H2,1-4H3,(H2,16,17). The molecule has 0 spiro atoms. The Morgan fingerprint density at radius 2 is 1.95 bits per heavy atom. The lowest BCUT2D eigenvalue weighted by Crippen LogP contribution is -2.50. The van der Waals surface area contributed by atoms with Gasteiger partial charge in [0.05, 0.1) is 6.54 Å². The van der Waals surface area contributed by atoms with Gasteiger partial charge in [0.15, 0.2) is 5.96 Å². The summed E-state index contributed by atoms with van der Waals surface area (Å²) < 4.78 is 0. The van der Waals surface area contributed by atoms with Crippen molar-refractivity contribution in [3.63, 3.8) is 0 Å². The van der Waals surface area contributed by atoms with E-state index in [1.807, 2.05) is 0 Å². The molecule has 0 radical (unpaired) electrons. The summed E-state index contributed by atoms with van der Waals surface area (Å²) >= 11 is 0. The smallest absolute Gasteiger partial charge is 0.191 e. The third-order valence-electron chi connectivity index (χ3n) is 5.01. The van der Waals surface area contributed by atoms with Gasteiger partial charge in [-0.05, 0) is 45.7 Å². The van der Waals surface area contributed by atoms with E-state index >= 15 is 0 Å². The molecular weight excluding hydrogens is 236 g/mol. The van der Waals surface area contributed by atoms with Gasteiger partial charge in [-0.15, -0.1) is 0 Å². The molecule has 0 amide bonds. The Hall–Kier alpha value is -0.770. The van der Waals surface area contributed by atoms with E-state index in [-0.39, 0.29) is 5.54 Å². The number of likely N-dealkylation sites (N-methyl/N-ethyl adjacent to an activating group) is 1. The van der Waals surface area contributed by atoms with E-state index in [2.05, 4.69) is 37.9 Å². The molecule has 0 aromatic heterocycles. The van der Waals surface area contributed by atoms with E-state index in [4.69, 9.17) is 10.7 Å². The monoisotopic (exact) mass is 266 g/mol. The molecule has 0 aromatic carbocycles. The lowest BCUT2D eigenvalue weighted by atomic mass is 9.75. The molecule has 2 fully saturated rings. The normalized spacial score (nSPS) is 32.7. The fourth-order valence-electron chi connectivity index (χ4n) is 3.31. The maximum atomic E-state index is 6.13. The maximum Gasteiger partial charge on any atom is 0.191 e. The third-order valence-corrected chi connectivity index (χ3v) is 5.01. The van der Waals surface area contributed by atoms with Crippen LogP contribution in [0.4, 0.5) is 0 Å². The highest BCUT2D eigenvalue weighted by Gasteiger charge is 2.37. The molecule has 2 aliphatic carbocycles. The minimum Gasteiger partial charge on any atom is -0.370 e. The number of nitrogens with zero attached hydrogens (tertiary/aromatic N) is 3. The molecule has 2 unspecified atom stereocenters. The molecule has 2 atom stereocenters. The molecule has 19 heavy (non-hydrogen) atoms. The van der Waals surface area contributed by atoms with Crippen LogP contribution in [-0.2, 0) is 0 Å². The molecule has 2 aliphatic rings. The van der Waals surface area contributed by atoms with Crippen LogP contribution in [0, 0.1) is 5.92 Å². The zero-order valence-electron chi connectivity index (χ0n) is 13.0. The first-order chi connectivity index (χ1) is 8.94. The van der Waals surface area contributed by atoms with Gasteiger partial charge >= 0.3 is 0 Å². The predicted molar refractivity (Wildman–Crippen MR) is 81.3 cm³/mol. The van der Waals surface area contributed by atoms with E-state index in [9.17, 15) is 0 Å². The number of aliphatic imine (C=N–C) groups is 1. The van der Waals surface area contributed by atoms with Gasteiger partial charge in [0, 0.05) is 18.6 Å². The van der Waals surface area contributed by atoms with Crippen molar-refractivity contribution in [1.82, 2.24) is 9.80 Å². The van der Waals surface area contributed by atoms with Crippen molar-refractivity contribution in [3.8, 4) is 0 Å². The Balaban J connectivity index is 2.01. The van der Waals surface area contributed by atoms with Crippen LogP contribution in [0.1, 0.15) is 45.4 Å². The lowest BCUT2D eigenvalue weighted by Gasteiger charge is -2.44. The SMILES string of the molecule is CC1CCCC(CN=C(N)N(C)C2CC2)(N(C)C)C1. The van der Waals surface area contributed by atoms with Crippen LogP contribution in [-0.4, -0.2) is 55.0 Å². The Labute approximate surface area is 118 Å². The zero-order valence-corrected chi connectivity index (χ0v) is 13.0. The van der Waals surface area contributed by atoms with Gasteiger partial charge < -0.3 is 15.5 Å². The van der Waals surface area contributed by atoms with Gasteiger partial charge in [-0.3, -0.25) is 4.99 Å². The summed E-state index contributed by atoms with van der Waals surface area (Å²) in [4.78, 5) is 9.24. The lowest BCUT2D eigenvalue weighted by molar-refractivity contribution is 0.0843. The first kappa shape index (κ1) is 14.6. The van der Waals surface area contributed by atoms with Crippen LogP contribution < -0.4 is 5.73 Å². The number of nitrogens with two attached hydrogens (primary N) is 1. The molecule has 0 aliphatic heterocycles. The fraction of sp³-hybridized carbons (Fsp3) is 0.933. The molecule has 0 saturated heterocycles. The summed E-state index contributed by atoms with van der Waals surface area (Å²) in [6.45, 7) is 3.20. The Morgan fingerprint density at radius 3 is 2.47 bits per heavy atom. The number of rotatable bonds is 4. The van der Waals surface area contributed by atoms with E-state index in [1.165, 1.54) is 38.5 Å². The van der Waals surface area contributed by atoms with Crippen LogP contribution in [0.2, 0.25) is 0 Å². The third kappa shape index (κ3) is 3.41. The molecule has 2 saturated carbocycles. The second-order valence-corrected chi connectivity index (χ2v) is 6.84. The van der Waals surface area contributed by atoms with Gasteiger partial charge in [-0.1, -0.05) is 19.8 Å². The largest absolute Gasteiger partial charge is 0.370 e. The molecule has 0 bridgehead atoms. The first-order valence-corrected chi connectivity index (χ1v) is 7.65. The molecule has 2 rings (SSSR count). The van der Waals surface area contributed by atoms with Crippen molar-refractivity contribution in [3.05, 3.63) is 0 Å². The van der Waals surface area contributed by atoms with Gasteiger partial charge in [0.1, 0.15) is 0 Å². The summed E-state index contributed by atoms with van der Waals surface area (Å²) in [5.74, 6) is 1.52. The molecule has 4 heteroatoms. The van der Waals surface area contributed by atoms with Gasteiger partial charge in [-0.25, -0.2) is 0 Å². The molecule has 110 valence electrons. The van der Waals surface area contributed by atoms with Gasteiger partial charge in [-0.2, -0.15) is 0 Å². The van der Waals surface area contributed by atoms with Crippen molar-refractivity contribution in [2.45, 2.75) is 57.0 Å². The average molecular weight is 266 g/mol. The molecule has 2 N–H and O–H groups in total. The van der Waals surface area contributed by atoms with Crippen LogP contribution in [0.25, 0.3) is 0 Å². The summed E-state index contributed by atoms with van der Waals surface area (Å²) in [7, 11) is 6.45. The molecule has 0 aromatic rings. The molecular formula is C15H30N4. The minimum atomic E-state index is 0.215. The summed E-state index contributed by atoms with van der Waals surface area (Å²) in [6, 6.07) is 0.643. The van der Waals surface area contributed by atoms with Crippen LogP contribution in [0.15, 0.2) is 4.99 Å². The molecule has 0 heterocycles. The quantitative estimate of drug-likeness (QED) is 0.624. The van der Waals surface area contributed by atoms with Crippen molar-refractivity contribution >= 4 is 5.96 Å². The van der Waals surface area contributed by atoms with E-state index in [0.717, 1.165) is 18.4 Å². The fourth-order valence-corrected chi connectivity index (χ4v) is 3.31. The summed E-state index contributed by atoms with van der Waals surface area (Å²) in [5.41, 5.74) is 6.34. The first-order valence-electron chi connectivity index (χ1n) is 7.65. The predicted octanol–water partition coefficient (Wildman–Crippen LogP) is 1.91. The highest BCUT2D eigenvalue weighted by atomic mass is 15.3. The van der Waals surface area contributed by atoms with Crippen LogP contribution in [0.5, 0.6) is 0 Å². The number of hydrogen-bond donors (Lipinski definition) is 1. The zero-order chi connectivity index (χ0) is 14.0. The van der Waals surface area contributed by atoms with E-state index < -0.39 is 0 Å². The van der Waals surface area contributed by atoms with Gasteiger partial charge in [0.2, 0.25) is 0 Å². The molecule has 4 nitrogen and oxygen atoms in total. The van der Waals surface area contributed by atoms with Crippen molar-refractivity contribution < 1.29 is 0 Å². The second kappa shape index (κ2) is 5.70. The minimum absolute atomic E-state index is 0.215. The van der Waals surface area contributed by atoms with E-state index in [0.29, 0.717) is 6.04 Å². The average Bonchev–Trinajstić information content (AvgIpc) is 3.19. The highest BCUT2D eigenvalue weighted by Crippen LogP contribution is 2.36. The topological polar surface area (TPSA) is 44.9 Å². The van der Waals surface area contributed by atoms with Crippen molar-refractivity contribution in [2.75, 3.05) is 27.7 Å². The number of guanidine groups is 1. The second-order valence-electron chi connectivity index (χ2n) is 6.84. The van der Waals surface area contributed by atoms with Crippen LogP contribution >= 0.6 is 0 Å². The van der Waals surface area contributed by atoms with Gasteiger partial charge in [0.25, 0.3) is 0 Å².